The molecule has 0 fully saturated rings. The van der Waals surface area contributed by atoms with E-state index >= 15 is 0 Å². The number of hydrogen-bond donors (Lipinski definition) is 8. The molecule has 0 spiro atoms. The van der Waals surface area contributed by atoms with Crippen molar-refractivity contribution in [3.05, 3.63) is 112 Å². The van der Waals surface area contributed by atoms with Gasteiger partial charge >= 0.3 is 0 Å². The maximum atomic E-state index is 14.6. The van der Waals surface area contributed by atoms with E-state index in [1.54, 1.807) is 6.08 Å². The van der Waals surface area contributed by atoms with E-state index in [2.05, 4.69) is 0 Å². The summed E-state index contributed by atoms with van der Waals surface area (Å²) in [5.74, 6) is -7.33. The molecule has 4 unspecified atom stereocenters. The summed E-state index contributed by atoms with van der Waals surface area (Å²) >= 11 is 0. The van der Waals surface area contributed by atoms with Crippen molar-refractivity contribution in [1.29, 1.82) is 0 Å². The van der Waals surface area contributed by atoms with Gasteiger partial charge in [-0.1, -0.05) is 29.4 Å². The van der Waals surface area contributed by atoms with Crippen LogP contribution < -0.4 is 4.74 Å². The van der Waals surface area contributed by atoms with Gasteiger partial charge in [0.15, 0.2) is 11.6 Å². The summed E-state index contributed by atoms with van der Waals surface area (Å²) in [6.45, 7) is 3.92. The van der Waals surface area contributed by atoms with Gasteiger partial charge in [-0.15, -0.1) is 0 Å². The first-order valence-electron chi connectivity index (χ1n) is 16.4. The number of ether oxygens (including phenoxy) is 1. The fourth-order valence-corrected chi connectivity index (χ4v) is 7.26. The first-order chi connectivity index (χ1) is 24.2. The van der Waals surface area contributed by atoms with Crippen molar-refractivity contribution in [2.45, 2.75) is 57.5 Å². The summed E-state index contributed by atoms with van der Waals surface area (Å²) in [5.41, 5.74) is 1.80. The molecule has 4 aromatic carbocycles. The van der Waals surface area contributed by atoms with Crippen LogP contribution >= 0.6 is 0 Å². The molecular formula is C40H38O11. The lowest BCUT2D eigenvalue weighted by Gasteiger charge is -2.38. The molecule has 51 heavy (non-hydrogen) atoms. The van der Waals surface area contributed by atoms with E-state index < -0.39 is 52.7 Å². The van der Waals surface area contributed by atoms with Crippen molar-refractivity contribution in [3.63, 3.8) is 0 Å². The number of phenolic OH excluding ortho intramolecular Hbond substituents is 8. The summed E-state index contributed by atoms with van der Waals surface area (Å²) in [5, 5.41) is 85.8. The zero-order chi connectivity index (χ0) is 36.7. The van der Waals surface area contributed by atoms with Gasteiger partial charge in [-0.25, -0.2) is 0 Å². The van der Waals surface area contributed by atoms with Gasteiger partial charge in [0.05, 0.1) is 12.0 Å². The molecule has 264 valence electrons. The van der Waals surface area contributed by atoms with Gasteiger partial charge in [-0.2, -0.15) is 0 Å². The third kappa shape index (κ3) is 6.74. The lowest BCUT2D eigenvalue weighted by Crippen LogP contribution is -2.32. The third-order valence-corrected chi connectivity index (χ3v) is 9.59. The van der Waals surface area contributed by atoms with Crippen LogP contribution in [0, 0.1) is 5.92 Å². The van der Waals surface area contributed by atoms with Gasteiger partial charge in [0, 0.05) is 47.1 Å². The SMILES string of the molecule is CC(C)=CCCC1=CC(c2c(O)cc3c(c2O)C(=O)CC(c2cc(O)ccc2O)O3)C(C(=O)c2ccc(O)cc2O)C(c2ccc(O)cc2O)C1. The van der Waals surface area contributed by atoms with Crippen LogP contribution in [0.1, 0.15) is 94.9 Å². The van der Waals surface area contributed by atoms with Gasteiger partial charge in [0.25, 0.3) is 0 Å². The number of ketones is 2. The number of Topliss-reactive ketones (excluding diaryl/α,β-unsaturated/α-hetero) is 2. The molecule has 0 radical (unpaired) electrons. The van der Waals surface area contributed by atoms with E-state index in [0.717, 1.165) is 29.3 Å². The summed E-state index contributed by atoms with van der Waals surface area (Å²) < 4.78 is 6.00. The van der Waals surface area contributed by atoms with Crippen LogP contribution in [0.2, 0.25) is 0 Å². The average molecular weight is 695 g/mol. The maximum Gasteiger partial charge on any atom is 0.174 e. The number of carbonyl (C=O) groups excluding carboxylic acids is 2. The molecule has 0 saturated heterocycles. The monoisotopic (exact) mass is 694 g/mol. The molecule has 4 aromatic rings. The predicted molar refractivity (Wildman–Crippen MR) is 186 cm³/mol. The van der Waals surface area contributed by atoms with Crippen LogP contribution in [0.5, 0.6) is 51.7 Å². The molecule has 8 N–H and O–H groups in total. The Balaban J connectivity index is 1.54. The van der Waals surface area contributed by atoms with Crippen molar-refractivity contribution in [2.75, 3.05) is 0 Å². The molecule has 0 amide bonds. The average Bonchev–Trinajstić information content (AvgIpc) is 3.05. The molecule has 11 nitrogen and oxygen atoms in total. The van der Waals surface area contributed by atoms with Crippen LogP contribution in [0.3, 0.4) is 0 Å². The molecule has 2 aliphatic rings. The molecule has 1 aliphatic carbocycles. The van der Waals surface area contributed by atoms with Gasteiger partial charge in [-0.3, -0.25) is 9.59 Å². The summed E-state index contributed by atoms with van der Waals surface area (Å²) in [4.78, 5) is 28.3. The summed E-state index contributed by atoms with van der Waals surface area (Å²) in [6.07, 6.45) is 3.83. The number of allylic oxidation sites excluding steroid dienone is 4. The number of rotatable bonds is 8. The van der Waals surface area contributed by atoms with Crippen LogP contribution in [0.25, 0.3) is 0 Å². The fourth-order valence-electron chi connectivity index (χ4n) is 7.26. The Bertz CT molecular complexity index is 2110. The van der Waals surface area contributed by atoms with Crippen LogP contribution in [0.4, 0.5) is 0 Å². The smallest absolute Gasteiger partial charge is 0.174 e. The van der Waals surface area contributed by atoms with E-state index in [0.29, 0.717) is 18.4 Å². The van der Waals surface area contributed by atoms with E-state index in [1.165, 1.54) is 42.5 Å². The number of phenols is 8. The second kappa shape index (κ2) is 13.7. The quantitative estimate of drug-likeness (QED) is 0.0515. The molecule has 0 aromatic heterocycles. The number of hydrogen-bond acceptors (Lipinski definition) is 11. The lowest BCUT2D eigenvalue weighted by atomic mass is 9.64. The molecule has 6 rings (SSSR count). The third-order valence-electron chi connectivity index (χ3n) is 9.59. The minimum Gasteiger partial charge on any atom is -0.508 e. The highest BCUT2D eigenvalue weighted by Gasteiger charge is 2.45. The van der Waals surface area contributed by atoms with Gasteiger partial charge in [0.1, 0.15) is 63.4 Å². The van der Waals surface area contributed by atoms with Crippen molar-refractivity contribution < 1.29 is 55.2 Å². The highest BCUT2D eigenvalue weighted by molar-refractivity contribution is 6.04. The Morgan fingerprint density at radius 1 is 0.765 bits per heavy atom. The van der Waals surface area contributed by atoms with E-state index in [-0.39, 0.29) is 69.6 Å². The Morgan fingerprint density at radius 2 is 1.43 bits per heavy atom. The number of aromatic hydroxyl groups is 8. The molecule has 1 aliphatic heterocycles. The standard InChI is InChI=1S/C40H38O11/c1-19(2)4-3-5-20-12-26(24-9-6-22(42)15-30(24)45)36(39(49)25-10-7-23(43)16-31(25)46)28(13-20)37-32(47)18-35-38(40(37)50)33(48)17-34(51-35)27-14-21(41)8-11-29(27)44/h4,6-11,13-16,18,26,28,34,36,41-47,50H,3,5,12,17H2,1-2H3. The molecule has 1 heterocycles. The second-order valence-corrected chi connectivity index (χ2v) is 13.3. The van der Waals surface area contributed by atoms with Crippen molar-refractivity contribution in [1.82, 2.24) is 0 Å². The molecular weight excluding hydrogens is 656 g/mol. The highest BCUT2D eigenvalue weighted by atomic mass is 16.5. The zero-order valence-electron chi connectivity index (χ0n) is 27.9. The van der Waals surface area contributed by atoms with E-state index in [4.69, 9.17) is 4.74 Å². The molecule has 0 saturated carbocycles. The number of carbonyl (C=O) groups is 2. The Hall–Kier alpha value is -6.10. The zero-order valence-corrected chi connectivity index (χ0v) is 27.9. The molecule has 0 bridgehead atoms. The minimum absolute atomic E-state index is 0.129. The molecule has 4 atom stereocenters. The summed E-state index contributed by atoms with van der Waals surface area (Å²) in [7, 11) is 0. The second-order valence-electron chi connectivity index (χ2n) is 13.3. The minimum atomic E-state index is -1.20. The first kappa shape index (κ1) is 34.8. The Kier molecular flexibility index (Phi) is 9.31. The van der Waals surface area contributed by atoms with E-state index in [1.807, 2.05) is 19.9 Å². The van der Waals surface area contributed by atoms with Crippen molar-refractivity contribution >= 4 is 11.6 Å². The van der Waals surface area contributed by atoms with Gasteiger partial charge in [0.2, 0.25) is 0 Å². The van der Waals surface area contributed by atoms with Crippen LogP contribution in [-0.2, 0) is 0 Å². The fraction of sp³-hybridized carbons (Fsp3) is 0.250. The van der Waals surface area contributed by atoms with E-state index in [9.17, 15) is 50.4 Å². The summed E-state index contributed by atoms with van der Waals surface area (Å²) in [6, 6.07) is 12.5. The van der Waals surface area contributed by atoms with Crippen LogP contribution in [-0.4, -0.2) is 52.4 Å². The lowest BCUT2D eigenvalue weighted by molar-refractivity contribution is 0.0841. The number of benzene rings is 4. The number of fused-ring (bicyclic) bond motifs is 1. The molecule has 11 heteroatoms. The highest BCUT2D eigenvalue weighted by Crippen LogP contribution is 2.56. The van der Waals surface area contributed by atoms with Crippen molar-refractivity contribution in [3.8, 4) is 51.7 Å². The Labute approximate surface area is 293 Å². The predicted octanol–water partition coefficient (Wildman–Crippen LogP) is 7.48. The topological polar surface area (TPSA) is 205 Å². The van der Waals surface area contributed by atoms with Gasteiger partial charge in [-0.05, 0) is 75.1 Å². The van der Waals surface area contributed by atoms with Crippen molar-refractivity contribution in [2.24, 2.45) is 5.92 Å². The Morgan fingerprint density at radius 3 is 2.12 bits per heavy atom. The maximum absolute atomic E-state index is 14.6. The normalized spacial score (nSPS) is 19.8. The van der Waals surface area contributed by atoms with Gasteiger partial charge < -0.3 is 45.6 Å². The van der Waals surface area contributed by atoms with Crippen LogP contribution in [0.15, 0.2) is 84.0 Å². The largest absolute Gasteiger partial charge is 0.508 e. The first-order valence-corrected chi connectivity index (χ1v) is 16.4.